The van der Waals surface area contributed by atoms with E-state index in [4.69, 9.17) is 14.5 Å². The minimum absolute atomic E-state index is 0.498. The molecule has 0 unspecified atom stereocenters. The fourth-order valence-corrected chi connectivity index (χ4v) is 3.44. The summed E-state index contributed by atoms with van der Waals surface area (Å²) in [6, 6.07) is 17.8. The van der Waals surface area contributed by atoms with Crippen LogP contribution in [0.15, 0.2) is 65.7 Å². The summed E-state index contributed by atoms with van der Waals surface area (Å²) in [5.74, 6) is 0.778. The molecule has 0 aliphatic heterocycles. The molecule has 0 amide bonds. The maximum absolute atomic E-state index is 5.73. The molecule has 0 saturated heterocycles. The zero-order chi connectivity index (χ0) is 22.3. The highest BCUT2D eigenvalue weighted by molar-refractivity contribution is 5.75. The van der Waals surface area contributed by atoms with Crippen molar-refractivity contribution in [2.75, 3.05) is 20.3 Å². The Labute approximate surface area is 187 Å². The van der Waals surface area contributed by atoms with Gasteiger partial charge in [0, 0.05) is 18.2 Å². The number of pyridine rings is 1. The Morgan fingerprint density at radius 3 is 2.81 bits per heavy atom. The zero-order valence-electron chi connectivity index (χ0n) is 18.2. The molecule has 32 heavy (non-hydrogen) atoms. The number of hydrogen-bond donors (Lipinski definition) is 0. The van der Waals surface area contributed by atoms with E-state index in [0.29, 0.717) is 19.8 Å². The van der Waals surface area contributed by atoms with Gasteiger partial charge in [-0.25, -0.2) is 9.67 Å². The fraction of sp³-hybridized carbons (Fsp3) is 0.200. The van der Waals surface area contributed by atoms with Crippen molar-refractivity contribution in [1.29, 1.82) is 0 Å². The first kappa shape index (κ1) is 21.4. The molecule has 7 nitrogen and oxygen atoms in total. The highest BCUT2D eigenvalue weighted by Crippen LogP contribution is 2.25. The van der Waals surface area contributed by atoms with Gasteiger partial charge in [-0.15, -0.1) is 5.10 Å². The van der Waals surface area contributed by atoms with E-state index in [1.54, 1.807) is 7.11 Å². The lowest BCUT2D eigenvalue weighted by Crippen LogP contribution is -2.04. The predicted molar refractivity (Wildman–Crippen MR) is 128 cm³/mol. The smallest absolute Gasteiger partial charge is 0.179 e. The van der Waals surface area contributed by atoms with E-state index in [9.17, 15) is 0 Å². The number of methoxy groups -OCH3 is 1. The monoisotopic (exact) mass is 427 g/mol. The van der Waals surface area contributed by atoms with Crippen molar-refractivity contribution >= 4 is 29.6 Å². The van der Waals surface area contributed by atoms with Gasteiger partial charge in [0.15, 0.2) is 5.65 Å². The van der Waals surface area contributed by atoms with Gasteiger partial charge in [-0.3, -0.25) is 4.99 Å². The predicted octanol–water partition coefficient (Wildman–Crippen LogP) is 4.93. The van der Waals surface area contributed by atoms with Crippen LogP contribution in [0.25, 0.3) is 28.5 Å². The summed E-state index contributed by atoms with van der Waals surface area (Å²) < 4.78 is 12.6. The Morgan fingerprint density at radius 2 is 2.00 bits per heavy atom. The van der Waals surface area contributed by atoms with Crippen molar-refractivity contribution in [2.45, 2.75) is 13.5 Å². The number of nitrogens with zero attached hydrogens (tertiary/aromatic N) is 5. The number of aliphatic imine (C=N–C) groups is 1. The Morgan fingerprint density at radius 1 is 1.09 bits per heavy atom. The Balaban J connectivity index is 1.63. The molecule has 4 aromatic rings. The summed E-state index contributed by atoms with van der Waals surface area (Å²) in [6.07, 6.45) is 4.00. The second-order valence-corrected chi connectivity index (χ2v) is 7.21. The summed E-state index contributed by atoms with van der Waals surface area (Å²) in [5.41, 5.74) is 6.22. The molecule has 0 aliphatic carbocycles. The molecule has 0 radical (unpaired) electrons. The van der Waals surface area contributed by atoms with Crippen molar-refractivity contribution in [3.8, 4) is 17.0 Å². The molecule has 0 fully saturated rings. The van der Waals surface area contributed by atoms with E-state index in [2.05, 4.69) is 28.1 Å². The van der Waals surface area contributed by atoms with Crippen LogP contribution in [0.3, 0.4) is 0 Å². The van der Waals surface area contributed by atoms with Crippen LogP contribution in [0, 0.1) is 0 Å². The number of benzene rings is 2. The molecule has 0 atom stereocenters. The molecule has 2 aromatic carbocycles. The van der Waals surface area contributed by atoms with Crippen LogP contribution in [0.2, 0.25) is 0 Å². The van der Waals surface area contributed by atoms with Crippen molar-refractivity contribution < 1.29 is 9.47 Å². The van der Waals surface area contributed by atoms with Crippen molar-refractivity contribution in [1.82, 2.24) is 20.0 Å². The molecule has 0 N–H and O–H groups in total. The summed E-state index contributed by atoms with van der Waals surface area (Å²) >= 11 is 0. The highest BCUT2D eigenvalue weighted by Gasteiger charge is 2.11. The van der Waals surface area contributed by atoms with E-state index < -0.39 is 0 Å². The van der Waals surface area contributed by atoms with Gasteiger partial charge >= 0.3 is 0 Å². The molecule has 2 heterocycles. The highest BCUT2D eigenvalue weighted by atomic mass is 16.5. The minimum atomic E-state index is 0.498. The van der Waals surface area contributed by atoms with Crippen molar-refractivity contribution in [3.63, 3.8) is 0 Å². The number of rotatable bonds is 9. The number of aromatic nitrogens is 4. The molecule has 0 saturated carbocycles. The van der Waals surface area contributed by atoms with Gasteiger partial charge in [-0.2, -0.15) is 0 Å². The van der Waals surface area contributed by atoms with Gasteiger partial charge < -0.3 is 9.47 Å². The lowest BCUT2D eigenvalue weighted by molar-refractivity contribution is 0.146. The molecule has 0 bridgehead atoms. The van der Waals surface area contributed by atoms with E-state index in [-0.39, 0.29) is 0 Å². The second-order valence-electron chi connectivity index (χ2n) is 7.21. The van der Waals surface area contributed by atoms with Gasteiger partial charge in [-0.05, 0) is 55.6 Å². The number of fused-ring (bicyclic) bond motifs is 1. The van der Waals surface area contributed by atoms with Crippen LogP contribution in [0.1, 0.15) is 18.1 Å². The van der Waals surface area contributed by atoms with Crippen LogP contribution in [-0.4, -0.2) is 47.0 Å². The lowest BCUT2D eigenvalue weighted by atomic mass is 10.1. The largest absolute Gasteiger partial charge is 0.491 e. The van der Waals surface area contributed by atoms with Crippen LogP contribution >= 0.6 is 0 Å². The molecule has 7 heteroatoms. The molecule has 0 spiro atoms. The van der Waals surface area contributed by atoms with Gasteiger partial charge in [0.05, 0.1) is 24.5 Å². The molecular weight excluding hydrogens is 402 g/mol. The van der Waals surface area contributed by atoms with Crippen LogP contribution in [-0.2, 0) is 11.3 Å². The average Bonchev–Trinajstić information content (AvgIpc) is 3.22. The molecular formula is C25H25N5O2. The Hall–Kier alpha value is -3.84. The Bertz CT molecular complexity index is 1260. The van der Waals surface area contributed by atoms with Gasteiger partial charge in [0.25, 0.3) is 0 Å². The van der Waals surface area contributed by atoms with Gasteiger partial charge in [0.1, 0.15) is 17.9 Å². The average molecular weight is 428 g/mol. The van der Waals surface area contributed by atoms with E-state index >= 15 is 0 Å². The fourth-order valence-electron chi connectivity index (χ4n) is 3.44. The quantitative estimate of drug-likeness (QED) is 0.280. The molecule has 162 valence electrons. The number of ether oxygens (including phenoxy) is 2. The second kappa shape index (κ2) is 9.98. The summed E-state index contributed by atoms with van der Waals surface area (Å²) in [5, 5.41) is 8.60. The van der Waals surface area contributed by atoms with Gasteiger partial charge in [-0.1, -0.05) is 35.6 Å². The third kappa shape index (κ3) is 4.73. The van der Waals surface area contributed by atoms with Crippen molar-refractivity contribution in [3.05, 3.63) is 71.8 Å². The summed E-state index contributed by atoms with van der Waals surface area (Å²) in [6.45, 7) is 7.22. The normalized spacial score (nSPS) is 11.3. The topological polar surface area (TPSA) is 74.4 Å². The first-order chi connectivity index (χ1) is 15.7. The van der Waals surface area contributed by atoms with E-state index in [0.717, 1.165) is 45.0 Å². The maximum atomic E-state index is 5.73. The SMILES string of the molecule is C=Nc1ccc(Cn2nnc3ccc(-c4cccc(OCCOC)c4)nc32)cc1/C=C\C. The maximum Gasteiger partial charge on any atom is 0.179 e. The first-order valence-corrected chi connectivity index (χ1v) is 10.4. The van der Waals surface area contributed by atoms with Crippen molar-refractivity contribution in [2.24, 2.45) is 4.99 Å². The van der Waals surface area contributed by atoms with Crippen LogP contribution in [0.4, 0.5) is 5.69 Å². The third-order valence-electron chi connectivity index (χ3n) is 4.99. The number of allylic oxidation sites excluding steroid dienone is 1. The van der Waals surface area contributed by atoms with Gasteiger partial charge in [0.2, 0.25) is 0 Å². The van der Waals surface area contributed by atoms with E-state index in [1.165, 1.54) is 0 Å². The number of hydrogen-bond acceptors (Lipinski definition) is 6. The molecule has 4 rings (SSSR count). The van der Waals surface area contributed by atoms with E-state index in [1.807, 2.05) is 72.3 Å². The molecule has 0 aliphatic rings. The van der Waals surface area contributed by atoms with Crippen LogP contribution in [0.5, 0.6) is 5.75 Å². The summed E-state index contributed by atoms with van der Waals surface area (Å²) in [4.78, 5) is 8.93. The minimum Gasteiger partial charge on any atom is -0.491 e. The molecule has 2 aromatic heterocycles. The first-order valence-electron chi connectivity index (χ1n) is 10.4. The summed E-state index contributed by atoms with van der Waals surface area (Å²) in [7, 11) is 1.65. The standard InChI is InChI=1S/C25H25N5O2/c1-4-6-19-15-18(9-10-22(19)26-2)17-30-25-24(28-29-30)12-11-23(27-25)20-7-5-8-21(16-20)32-14-13-31-3/h4-12,15-16H,2,13-14,17H2,1,3H3/b6-4-. The van der Waals surface area contributed by atoms with Crippen LogP contribution < -0.4 is 4.74 Å². The zero-order valence-corrected chi connectivity index (χ0v) is 18.2. The lowest BCUT2D eigenvalue weighted by Gasteiger charge is -2.08. The third-order valence-corrected chi connectivity index (χ3v) is 4.99. The Kier molecular flexibility index (Phi) is 6.67.